The minimum Gasteiger partial charge on any atom is -0.264 e. The molecule has 28 heavy (non-hydrogen) atoms. The van der Waals surface area contributed by atoms with Gasteiger partial charge in [0.2, 0.25) is 6.54 Å². The molecule has 1 aromatic heterocycles. The van der Waals surface area contributed by atoms with Gasteiger partial charge in [0.25, 0.3) is 0 Å². The summed E-state index contributed by atoms with van der Waals surface area (Å²) in [6, 6.07) is 22.1. The van der Waals surface area contributed by atoms with Gasteiger partial charge in [-0.1, -0.05) is 58.9 Å². The molecule has 140 valence electrons. The highest BCUT2D eigenvalue weighted by Gasteiger charge is 2.25. The molecule has 0 unspecified atom stereocenters. The van der Waals surface area contributed by atoms with Gasteiger partial charge in [-0.25, -0.2) is 4.68 Å². The molecule has 0 spiro atoms. The second-order valence-corrected chi connectivity index (χ2v) is 7.70. The lowest BCUT2D eigenvalue weighted by molar-refractivity contribution is -0.484. The number of para-hydroxylation sites is 1. The quantitative estimate of drug-likeness (QED) is 0.326. The molecule has 0 aliphatic carbocycles. The molecule has 0 amide bonds. The molecular weight excluding hydrogens is 396 g/mol. The largest absolute Gasteiger partial charge is 0.264 e. The van der Waals surface area contributed by atoms with Crippen molar-refractivity contribution < 1.29 is 4.92 Å². The minimum atomic E-state index is -0.571. The van der Waals surface area contributed by atoms with Crippen LogP contribution >= 0.6 is 23.4 Å². The van der Waals surface area contributed by atoms with E-state index in [9.17, 15) is 10.1 Å². The number of benzene rings is 3. The van der Waals surface area contributed by atoms with Crippen molar-refractivity contribution in [2.24, 2.45) is 0 Å². The van der Waals surface area contributed by atoms with Gasteiger partial charge in [0.1, 0.15) is 11.6 Å². The molecule has 0 saturated heterocycles. The molecule has 6 nitrogen and oxygen atoms in total. The third-order valence-corrected chi connectivity index (χ3v) is 5.67. The van der Waals surface area contributed by atoms with Crippen LogP contribution in [-0.2, 0) is 0 Å². The highest BCUT2D eigenvalue weighted by atomic mass is 35.5. The summed E-state index contributed by atoms with van der Waals surface area (Å²) in [6.45, 7) is -0.286. The molecule has 1 atom stereocenters. The standard InChI is InChI=1S/C20H15ClN4O2S/c21-14-9-11-15(12-10-14)28-20-8-4-1-5-16(20)19(13-24(26)27)25-18-7-3-2-6-17(18)22-23-25/h1-12,19H,13H2/t19-/m1/s1. The first-order valence-electron chi connectivity index (χ1n) is 8.56. The second kappa shape index (κ2) is 8.00. The van der Waals surface area contributed by atoms with Gasteiger partial charge in [0.15, 0.2) is 0 Å². The fourth-order valence-corrected chi connectivity index (χ4v) is 4.16. The van der Waals surface area contributed by atoms with Gasteiger partial charge < -0.3 is 0 Å². The van der Waals surface area contributed by atoms with E-state index in [1.165, 1.54) is 11.8 Å². The number of nitrogens with zero attached hydrogens (tertiary/aromatic N) is 4. The Hall–Kier alpha value is -2.90. The van der Waals surface area contributed by atoms with Crippen LogP contribution in [-0.4, -0.2) is 26.5 Å². The minimum absolute atomic E-state index is 0.286. The van der Waals surface area contributed by atoms with Gasteiger partial charge in [-0.05, 0) is 48.0 Å². The van der Waals surface area contributed by atoms with Crippen molar-refractivity contribution in [3.05, 3.63) is 93.5 Å². The molecular formula is C20H15ClN4O2S. The summed E-state index contributed by atoms with van der Waals surface area (Å²) in [5.74, 6) is 0. The van der Waals surface area contributed by atoms with E-state index in [0.717, 1.165) is 20.9 Å². The van der Waals surface area contributed by atoms with Crippen molar-refractivity contribution in [3.8, 4) is 0 Å². The van der Waals surface area contributed by atoms with Crippen LogP contribution in [0.1, 0.15) is 11.6 Å². The number of fused-ring (bicyclic) bond motifs is 1. The third kappa shape index (κ3) is 3.85. The number of hydrogen-bond donors (Lipinski definition) is 0. The Balaban J connectivity index is 1.79. The molecule has 3 aromatic carbocycles. The molecule has 0 bridgehead atoms. The lowest BCUT2D eigenvalue weighted by Crippen LogP contribution is -2.22. The number of hydrogen-bond acceptors (Lipinski definition) is 5. The average molecular weight is 411 g/mol. The van der Waals surface area contributed by atoms with Crippen LogP contribution in [0.25, 0.3) is 11.0 Å². The number of aromatic nitrogens is 3. The van der Waals surface area contributed by atoms with Crippen LogP contribution in [0, 0.1) is 10.1 Å². The van der Waals surface area contributed by atoms with Crippen molar-refractivity contribution in [2.75, 3.05) is 6.54 Å². The Morgan fingerprint density at radius 3 is 2.54 bits per heavy atom. The number of halogens is 1. The Kier molecular flexibility index (Phi) is 5.27. The van der Waals surface area contributed by atoms with Crippen LogP contribution in [0.4, 0.5) is 0 Å². The van der Waals surface area contributed by atoms with E-state index >= 15 is 0 Å². The zero-order chi connectivity index (χ0) is 19.5. The zero-order valence-corrected chi connectivity index (χ0v) is 16.2. The van der Waals surface area contributed by atoms with E-state index in [4.69, 9.17) is 11.6 Å². The third-order valence-electron chi connectivity index (χ3n) is 4.31. The van der Waals surface area contributed by atoms with Gasteiger partial charge in [0.05, 0.1) is 5.52 Å². The summed E-state index contributed by atoms with van der Waals surface area (Å²) in [7, 11) is 0. The molecule has 8 heteroatoms. The molecule has 1 heterocycles. The first-order valence-corrected chi connectivity index (χ1v) is 9.75. The maximum Gasteiger partial charge on any atom is 0.230 e. The Labute approximate surface area is 170 Å². The van der Waals surface area contributed by atoms with Crippen LogP contribution < -0.4 is 0 Å². The predicted molar refractivity (Wildman–Crippen MR) is 110 cm³/mol. The molecule has 0 aliphatic rings. The van der Waals surface area contributed by atoms with Gasteiger partial charge in [-0.2, -0.15) is 0 Å². The summed E-state index contributed by atoms with van der Waals surface area (Å²) in [6.07, 6.45) is 0. The summed E-state index contributed by atoms with van der Waals surface area (Å²) in [4.78, 5) is 13.1. The normalized spacial score (nSPS) is 12.2. The lowest BCUT2D eigenvalue weighted by atomic mass is 10.1. The van der Waals surface area contributed by atoms with E-state index in [2.05, 4.69) is 10.3 Å². The maximum atomic E-state index is 11.4. The van der Waals surface area contributed by atoms with Gasteiger partial charge >= 0.3 is 0 Å². The summed E-state index contributed by atoms with van der Waals surface area (Å²) in [5.41, 5.74) is 2.30. The highest BCUT2D eigenvalue weighted by molar-refractivity contribution is 7.99. The lowest BCUT2D eigenvalue weighted by Gasteiger charge is -2.18. The fourth-order valence-electron chi connectivity index (χ4n) is 3.04. The van der Waals surface area contributed by atoms with Gasteiger partial charge in [-0.15, -0.1) is 5.10 Å². The Morgan fingerprint density at radius 1 is 1.04 bits per heavy atom. The van der Waals surface area contributed by atoms with Crippen molar-refractivity contribution in [1.29, 1.82) is 0 Å². The number of nitro groups is 1. The molecule has 0 radical (unpaired) electrons. The highest BCUT2D eigenvalue weighted by Crippen LogP contribution is 2.35. The summed E-state index contributed by atoms with van der Waals surface area (Å²) in [5, 5.41) is 20.5. The molecule has 0 saturated carbocycles. The van der Waals surface area contributed by atoms with E-state index in [1.807, 2.05) is 72.8 Å². The molecule has 0 N–H and O–H groups in total. The van der Waals surface area contributed by atoms with Gasteiger partial charge in [0, 0.05) is 19.7 Å². The molecule has 0 aliphatic heterocycles. The first kappa shape index (κ1) is 18.5. The monoisotopic (exact) mass is 410 g/mol. The van der Waals surface area contributed by atoms with E-state index in [0.29, 0.717) is 10.5 Å². The van der Waals surface area contributed by atoms with Crippen molar-refractivity contribution in [3.63, 3.8) is 0 Å². The molecule has 4 aromatic rings. The summed E-state index contributed by atoms with van der Waals surface area (Å²) >= 11 is 7.51. The van der Waals surface area contributed by atoms with Gasteiger partial charge in [-0.3, -0.25) is 10.1 Å². The second-order valence-electron chi connectivity index (χ2n) is 6.15. The molecule has 0 fully saturated rings. The Morgan fingerprint density at radius 2 is 1.75 bits per heavy atom. The smallest absolute Gasteiger partial charge is 0.230 e. The van der Waals surface area contributed by atoms with Crippen LogP contribution in [0.5, 0.6) is 0 Å². The molecule has 4 rings (SSSR count). The Bertz CT molecular complexity index is 1130. The van der Waals surface area contributed by atoms with Crippen LogP contribution in [0.2, 0.25) is 5.02 Å². The van der Waals surface area contributed by atoms with E-state index in [1.54, 1.807) is 4.68 Å². The average Bonchev–Trinajstić information content (AvgIpc) is 3.12. The topological polar surface area (TPSA) is 73.8 Å². The SMILES string of the molecule is O=[N+]([O-])C[C@H](c1ccccc1Sc1ccc(Cl)cc1)n1nnc2ccccc21. The predicted octanol–water partition coefficient (Wildman–Crippen LogP) is 5.10. The van der Waals surface area contributed by atoms with Crippen LogP contribution in [0.15, 0.2) is 82.6 Å². The van der Waals surface area contributed by atoms with Crippen molar-refractivity contribution in [1.82, 2.24) is 15.0 Å². The first-order chi connectivity index (χ1) is 13.6. The fraction of sp³-hybridized carbons (Fsp3) is 0.100. The van der Waals surface area contributed by atoms with E-state index in [-0.39, 0.29) is 11.5 Å². The summed E-state index contributed by atoms with van der Waals surface area (Å²) < 4.78 is 1.64. The van der Waals surface area contributed by atoms with E-state index < -0.39 is 6.04 Å². The van der Waals surface area contributed by atoms with Crippen molar-refractivity contribution >= 4 is 34.4 Å². The van der Waals surface area contributed by atoms with Crippen molar-refractivity contribution in [2.45, 2.75) is 15.8 Å². The number of rotatable bonds is 6. The zero-order valence-electron chi connectivity index (χ0n) is 14.6. The van der Waals surface area contributed by atoms with Crippen LogP contribution in [0.3, 0.4) is 0 Å². The maximum absolute atomic E-state index is 11.4.